The molecule has 1 aromatic carbocycles. The van der Waals surface area contributed by atoms with E-state index in [1.54, 1.807) is 6.07 Å². The number of aromatic nitrogens is 1. The fourth-order valence-corrected chi connectivity index (χ4v) is 1.73. The standard InChI is InChI=1S/C13H14ClN3/c1-9-2-3-10(7-16-9)8-17-13-5-4-11(15)6-12(13)14/h2-7,17H,8,15H2,1H3. The average Bonchev–Trinajstić information content (AvgIpc) is 2.30. The minimum atomic E-state index is 0.630. The maximum absolute atomic E-state index is 6.06. The van der Waals surface area contributed by atoms with Crippen molar-refractivity contribution in [1.29, 1.82) is 0 Å². The van der Waals surface area contributed by atoms with Crippen LogP contribution >= 0.6 is 11.6 Å². The first-order chi connectivity index (χ1) is 8.15. The molecule has 1 heterocycles. The topological polar surface area (TPSA) is 50.9 Å². The maximum Gasteiger partial charge on any atom is 0.0658 e. The van der Waals surface area contributed by atoms with E-state index in [1.165, 1.54) is 0 Å². The molecule has 3 nitrogen and oxygen atoms in total. The molecule has 1 aromatic heterocycles. The lowest BCUT2D eigenvalue weighted by molar-refractivity contribution is 1.09. The lowest BCUT2D eigenvalue weighted by Gasteiger charge is -2.08. The van der Waals surface area contributed by atoms with Gasteiger partial charge in [-0.3, -0.25) is 4.98 Å². The van der Waals surface area contributed by atoms with Crippen molar-refractivity contribution < 1.29 is 0 Å². The van der Waals surface area contributed by atoms with E-state index >= 15 is 0 Å². The highest BCUT2D eigenvalue weighted by Gasteiger charge is 2.00. The first kappa shape index (κ1) is 11.7. The first-order valence-corrected chi connectivity index (χ1v) is 5.73. The Kier molecular flexibility index (Phi) is 3.49. The maximum atomic E-state index is 6.06. The molecule has 17 heavy (non-hydrogen) atoms. The largest absolute Gasteiger partial charge is 0.399 e. The molecule has 0 spiro atoms. The van der Waals surface area contributed by atoms with Gasteiger partial charge in [0, 0.05) is 24.1 Å². The Morgan fingerprint density at radius 1 is 1.29 bits per heavy atom. The summed E-state index contributed by atoms with van der Waals surface area (Å²) in [6, 6.07) is 9.46. The minimum Gasteiger partial charge on any atom is -0.399 e. The summed E-state index contributed by atoms with van der Waals surface area (Å²) in [5, 5.41) is 3.88. The van der Waals surface area contributed by atoms with Gasteiger partial charge in [-0.1, -0.05) is 17.7 Å². The molecule has 0 saturated heterocycles. The number of anilines is 2. The molecular formula is C13H14ClN3. The van der Waals surface area contributed by atoms with Gasteiger partial charge in [0.05, 0.1) is 10.7 Å². The van der Waals surface area contributed by atoms with Gasteiger partial charge in [-0.2, -0.15) is 0 Å². The number of halogens is 1. The van der Waals surface area contributed by atoms with Crippen LogP contribution in [0.3, 0.4) is 0 Å². The number of nitrogens with zero attached hydrogens (tertiary/aromatic N) is 1. The van der Waals surface area contributed by atoms with Crippen LogP contribution in [0.5, 0.6) is 0 Å². The van der Waals surface area contributed by atoms with Crippen LogP contribution < -0.4 is 11.1 Å². The highest BCUT2D eigenvalue weighted by Crippen LogP contribution is 2.24. The smallest absolute Gasteiger partial charge is 0.0658 e. The summed E-state index contributed by atoms with van der Waals surface area (Å²) in [6.45, 7) is 2.66. The Bertz CT molecular complexity index is 509. The molecule has 2 aromatic rings. The average molecular weight is 248 g/mol. The third-order valence-electron chi connectivity index (χ3n) is 2.45. The van der Waals surface area contributed by atoms with Crippen LogP contribution in [0.25, 0.3) is 0 Å². The van der Waals surface area contributed by atoms with Crippen LogP contribution in [-0.2, 0) is 6.54 Å². The molecular weight excluding hydrogens is 234 g/mol. The van der Waals surface area contributed by atoms with Crippen LogP contribution in [0.15, 0.2) is 36.5 Å². The monoisotopic (exact) mass is 247 g/mol. The Balaban J connectivity index is 2.04. The SMILES string of the molecule is Cc1ccc(CNc2ccc(N)cc2Cl)cn1. The molecule has 4 heteroatoms. The van der Waals surface area contributed by atoms with E-state index in [2.05, 4.69) is 10.3 Å². The number of pyridine rings is 1. The van der Waals surface area contributed by atoms with Crippen molar-refractivity contribution in [2.75, 3.05) is 11.1 Å². The lowest BCUT2D eigenvalue weighted by Crippen LogP contribution is -2.01. The third-order valence-corrected chi connectivity index (χ3v) is 2.76. The van der Waals surface area contributed by atoms with Gasteiger partial charge in [0.25, 0.3) is 0 Å². The zero-order valence-electron chi connectivity index (χ0n) is 9.57. The number of nitrogens with two attached hydrogens (primary N) is 1. The van der Waals surface area contributed by atoms with Crippen LogP contribution in [0.2, 0.25) is 5.02 Å². The Hall–Kier alpha value is -1.74. The molecule has 0 aliphatic carbocycles. The second-order valence-corrected chi connectivity index (χ2v) is 4.31. The number of hydrogen-bond acceptors (Lipinski definition) is 3. The normalized spacial score (nSPS) is 10.2. The van der Waals surface area contributed by atoms with E-state index in [0.29, 0.717) is 17.3 Å². The predicted octanol–water partition coefficient (Wildman–Crippen LogP) is 3.24. The van der Waals surface area contributed by atoms with Gasteiger partial charge in [0.15, 0.2) is 0 Å². The molecule has 0 radical (unpaired) electrons. The van der Waals surface area contributed by atoms with Crippen molar-refractivity contribution in [3.05, 3.63) is 52.8 Å². The number of nitrogens with one attached hydrogen (secondary N) is 1. The highest BCUT2D eigenvalue weighted by molar-refractivity contribution is 6.33. The molecule has 0 amide bonds. The minimum absolute atomic E-state index is 0.630. The molecule has 0 aliphatic heterocycles. The van der Waals surface area contributed by atoms with Crippen molar-refractivity contribution in [2.45, 2.75) is 13.5 Å². The van der Waals surface area contributed by atoms with Gasteiger partial charge < -0.3 is 11.1 Å². The Labute approximate surface area is 106 Å². The summed E-state index contributed by atoms with van der Waals surface area (Å²) >= 11 is 6.06. The second-order valence-electron chi connectivity index (χ2n) is 3.90. The summed E-state index contributed by atoms with van der Waals surface area (Å²) in [5.41, 5.74) is 9.30. The fraction of sp³-hybridized carbons (Fsp3) is 0.154. The van der Waals surface area contributed by atoms with Crippen molar-refractivity contribution in [1.82, 2.24) is 4.98 Å². The van der Waals surface area contributed by atoms with E-state index in [4.69, 9.17) is 17.3 Å². The molecule has 0 atom stereocenters. The number of rotatable bonds is 3. The van der Waals surface area contributed by atoms with Crippen molar-refractivity contribution in [3.63, 3.8) is 0 Å². The fourth-order valence-electron chi connectivity index (χ4n) is 1.48. The molecule has 3 N–H and O–H groups in total. The van der Waals surface area contributed by atoms with E-state index in [0.717, 1.165) is 16.9 Å². The molecule has 2 rings (SSSR count). The second kappa shape index (κ2) is 5.06. The van der Waals surface area contributed by atoms with Gasteiger partial charge in [-0.05, 0) is 36.8 Å². The van der Waals surface area contributed by atoms with E-state index in [-0.39, 0.29) is 0 Å². The lowest BCUT2D eigenvalue weighted by atomic mass is 10.2. The van der Waals surface area contributed by atoms with Crippen molar-refractivity contribution in [2.24, 2.45) is 0 Å². The van der Waals surface area contributed by atoms with Crippen LogP contribution in [0.1, 0.15) is 11.3 Å². The molecule has 0 aliphatic rings. The zero-order chi connectivity index (χ0) is 12.3. The van der Waals surface area contributed by atoms with Gasteiger partial charge in [-0.15, -0.1) is 0 Å². The molecule has 0 saturated carbocycles. The van der Waals surface area contributed by atoms with Gasteiger partial charge >= 0.3 is 0 Å². The van der Waals surface area contributed by atoms with Gasteiger partial charge in [0.1, 0.15) is 0 Å². The van der Waals surface area contributed by atoms with E-state index in [9.17, 15) is 0 Å². The number of aryl methyl sites for hydroxylation is 1. The van der Waals surface area contributed by atoms with Crippen molar-refractivity contribution >= 4 is 23.0 Å². The van der Waals surface area contributed by atoms with Crippen molar-refractivity contribution in [3.8, 4) is 0 Å². The third kappa shape index (κ3) is 3.11. The summed E-state index contributed by atoms with van der Waals surface area (Å²) < 4.78 is 0. The Morgan fingerprint density at radius 2 is 2.12 bits per heavy atom. The summed E-state index contributed by atoms with van der Waals surface area (Å²) in [6.07, 6.45) is 1.85. The summed E-state index contributed by atoms with van der Waals surface area (Å²) in [5.74, 6) is 0. The predicted molar refractivity (Wildman–Crippen MR) is 72.2 cm³/mol. The quantitative estimate of drug-likeness (QED) is 0.819. The molecule has 0 fully saturated rings. The first-order valence-electron chi connectivity index (χ1n) is 5.35. The molecule has 0 bridgehead atoms. The molecule has 88 valence electrons. The summed E-state index contributed by atoms with van der Waals surface area (Å²) in [4.78, 5) is 4.23. The number of nitrogen functional groups attached to an aromatic ring is 1. The van der Waals surface area contributed by atoms with E-state index in [1.807, 2.05) is 37.4 Å². The van der Waals surface area contributed by atoms with Gasteiger partial charge in [0.2, 0.25) is 0 Å². The zero-order valence-corrected chi connectivity index (χ0v) is 10.3. The Morgan fingerprint density at radius 3 is 2.76 bits per heavy atom. The number of hydrogen-bond donors (Lipinski definition) is 2. The van der Waals surface area contributed by atoms with Crippen LogP contribution in [-0.4, -0.2) is 4.98 Å². The van der Waals surface area contributed by atoms with Crippen LogP contribution in [0.4, 0.5) is 11.4 Å². The summed E-state index contributed by atoms with van der Waals surface area (Å²) in [7, 11) is 0. The van der Waals surface area contributed by atoms with Gasteiger partial charge in [-0.25, -0.2) is 0 Å². The van der Waals surface area contributed by atoms with Crippen LogP contribution in [0, 0.1) is 6.92 Å². The highest BCUT2D eigenvalue weighted by atomic mass is 35.5. The van der Waals surface area contributed by atoms with E-state index < -0.39 is 0 Å². The molecule has 0 unspecified atom stereocenters. The number of benzene rings is 1.